The highest BCUT2D eigenvalue weighted by molar-refractivity contribution is 6.74. The third-order valence-corrected chi connectivity index (χ3v) is 22.1. The lowest BCUT2D eigenvalue weighted by molar-refractivity contribution is 0.0969. The third-order valence-electron chi connectivity index (χ3n) is 13.1. The lowest BCUT2D eigenvalue weighted by Crippen LogP contribution is -2.49. The molecular formula is C39H68O3Si2. The van der Waals surface area contributed by atoms with Gasteiger partial charge in [0.15, 0.2) is 16.6 Å². The van der Waals surface area contributed by atoms with Crippen molar-refractivity contribution in [2.24, 2.45) is 29.1 Å². The van der Waals surface area contributed by atoms with Gasteiger partial charge in [-0.15, -0.1) is 0 Å². The number of hydrogen-bond donors (Lipinski definition) is 1. The molecule has 0 amide bonds. The zero-order valence-corrected chi connectivity index (χ0v) is 32.7. The van der Waals surface area contributed by atoms with Gasteiger partial charge in [-0.2, -0.15) is 0 Å². The first kappa shape index (κ1) is 36.1. The van der Waals surface area contributed by atoms with Gasteiger partial charge in [-0.05, 0) is 128 Å². The van der Waals surface area contributed by atoms with Crippen LogP contribution in [0.2, 0.25) is 36.3 Å². The molecule has 7 atom stereocenters. The molecule has 5 heteroatoms. The van der Waals surface area contributed by atoms with Crippen molar-refractivity contribution < 1.29 is 14.0 Å². The fourth-order valence-electron chi connectivity index (χ4n) is 7.93. The van der Waals surface area contributed by atoms with E-state index in [0.29, 0.717) is 29.1 Å². The Morgan fingerprint density at radius 3 is 2.11 bits per heavy atom. The summed E-state index contributed by atoms with van der Waals surface area (Å²) >= 11 is 0. The summed E-state index contributed by atoms with van der Waals surface area (Å²) in [5.41, 5.74) is 4.49. The molecule has 0 aromatic heterocycles. The number of allylic oxidation sites excluding steroid dienone is 4. The molecule has 0 heterocycles. The standard InChI is InChI=1S/C39H68O3Si2/c1-27(16-23-35(40)30-18-19-30)33-21-22-34-29(15-14-24-39(33,34)9)17-20-31-25-32(41-43(10,11)37(3,4)5)26-36(28(31)2)42-44(12,13)38(6,7)8/h16-17,20,23,27,30,32-36,40H,2,14-15,18-19,21-22,24-26H2,1,3-13H3/b23-16+,29-17+,31-20-/t27-,32-,33+,34+,35-,36+,39-/m1/s1. The van der Waals surface area contributed by atoms with Crippen LogP contribution in [0, 0.1) is 29.1 Å². The smallest absolute Gasteiger partial charge is 0.192 e. The predicted molar refractivity (Wildman–Crippen MR) is 194 cm³/mol. The van der Waals surface area contributed by atoms with E-state index >= 15 is 0 Å². The molecular weight excluding hydrogens is 573 g/mol. The van der Waals surface area contributed by atoms with Crippen LogP contribution in [-0.4, -0.2) is 40.1 Å². The Morgan fingerprint density at radius 1 is 0.909 bits per heavy atom. The Balaban J connectivity index is 1.57. The van der Waals surface area contributed by atoms with Gasteiger partial charge in [0.2, 0.25) is 0 Å². The Bertz CT molecular complexity index is 1130. The number of hydrogen-bond acceptors (Lipinski definition) is 3. The van der Waals surface area contributed by atoms with Gasteiger partial charge >= 0.3 is 0 Å². The summed E-state index contributed by atoms with van der Waals surface area (Å²) < 4.78 is 14.2. The lowest BCUT2D eigenvalue weighted by Gasteiger charge is -2.45. The van der Waals surface area contributed by atoms with Crippen molar-refractivity contribution in [1.82, 2.24) is 0 Å². The van der Waals surface area contributed by atoms with E-state index in [1.807, 2.05) is 0 Å². The van der Waals surface area contributed by atoms with E-state index in [2.05, 4.69) is 112 Å². The van der Waals surface area contributed by atoms with E-state index in [1.165, 1.54) is 56.1 Å². The van der Waals surface area contributed by atoms with Crippen LogP contribution in [-0.2, 0) is 8.85 Å². The summed E-state index contributed by atoms with van der Waals surface area (Å²) in [6.07, 6.45) is 19.9. The van der Waals surface area contributed by atoms with Gasteiger partial charge in [0, 0.05) is 6.42 Å². The number of aliphatic hydroxyl groups is 1. The number of rotatable bonds is 9. The lowest BCUT2D eigenvalue weighted by atomic mass is 9.61. The Hall–Kier alpha value is -0.726. The molecule has 3 nitrogen and oxygen atoms in total. The minimum atomic E-state index is -1.98. The van der Waals surface area contributed by atoms with Gasteiger partial charge in [0.25, 0.3) is 0 Å². The Morgan fingerprint density at radius 2 is 1.52 bits per heavy atom. The van der Waals surface area contributed by atoms with E-state index in [4.69, 9.17) is 8.85 Å². The molecule has 0 radical (unpaired) electrons. The second-order valence-corrected chi connectivity index (χ2v) is 27.9. The van der Waals surface area contributed by atoms with Gasteiger partial charge < -0.3 is 14.0 Å². The van der Waals surface area contributed by atoms with E-state index in [0.717, 1.165) is 12.8 Å². The molecule has 0 spiro atoms. The highest BCUT2D eigenvalue weighted by atomic mass is 28.4. The van der Waals surface area contributed by atoms with Crippen LogP contribution in [0.1, 0.15) is 113 Å². The molecule has 0 aromatic carbocycles. The van der Waals surface area contributed by atoms with Crippen LogP contribution in [0.5, 0.6) is 0 Å². The molecule has 0 aliphatic heterocycles. The highest BCUT2D eigenvalue weighted by Gasteiger charge is 2.50. The monoisotopic (exact) mass is 640 g/mol. The summed E-state index contributed by atoms with van der Waals surface area (Å²) in [4.78, 5) is 0. The van der Waals surface area contributed by atoms with Gasteiger partial charge in [0.05, 0.1) is 18.3 Å². The SMILES string of the molecule is C=C1/C(=C\C=C2/CCC[C@@]3(C)[C@H]2CC[C@H]3[C@H](C)/C=C/[C@@H](O)C2CC2)C[C@@H](O[Si](C)(C)C(C)(C)C)C[C@@H]1O[Si](C)(C)C(C)(C)C. The van der Waals surface area contributed by atoms with E-state index in [1.54, 1.807) is 5.57 Å². The Kier molecular flexibility index (Phi) is 10.7. The molecule has 4 aliphatic carbocycles. The molecule has 0 bridgehead atoms. The van der Waals surface area contributed by atoms with Crippen LogP contribution < -0.4 is 0 Å². The normalized spacial score (nSPS) is 34.2. The van der Waals surface area contributed by atoms with E-state index in [-0.39, 0.29) is 28.4 Å². The van der Waals surface area contributed by atoms with Crippen molar-refractivity contribution in [3.63, 3.8) is 0 Å². The van der Waals surface area contributed by atoms with Crippen LogP contribution in [0.25, 0.3) is 0 Å². The fourth-order valence-corrected chi connectivity index (χ4v) is 10.6. The summed E-state index contributed by atoms with van der Waals surface area (Å²) in [5, 5.41) is 10.8. The highest BCUT2D eigenvalue weighted by Crippen LogP contribution is 2.59. The number of fused-ring (bicyclic) bond motifs is 1. The molecule has 4 aliphatic rings. The van der Waals surface area contributed by atoms with Crippen molar-refractivity contribution in [2.75, 3.05) is 0 Å². The average Bonchev–Trinajstić information content (AvgIpc) is 3.68. The summed E-state index contributed by atoms with van der Waals surface area (Å²) in [6, 6.07) is 0. The molecule has 44 heavy (non-hydrogen) atoms. The summed E-state index contributed by atoms with van der Waals surface area (Å²) in [7, 11) is -3.90. The third kappa shape index (κ3) is 7.86. The summed E-state index contributed by atoms with van der Waals surface area (Å²) in [5.74, 6) is 2.35. The first-order chi connectivity index (χ1) is 20.2. The van der Waals surface area contributed by atoms with Gasteiger partial charge in [-0.3, -0.25) is 0 Å². The van der Waals surface area contributed by atoms with Crippen molar-refractivity contribution in [2.45, 2.75) is 168 Å². The topological polar surface area (TPSA) is 38.7 Å². The van der Waals surface area contributed by atoms with Gasteiger partial charge in [-0.1, -0.05) is 91.8 Å². The molecule has 0 aromatic rings. The fraction of sp³-hybridized carbons (Fsp3) is 0.795. The maximum absolute atomic E-state index is 10.5. The minimum absolute atomic E-state index is 0.0233. The molecule has 4 fully saturated rings. The van der Waals surface area contributed by atoms with Crippen molar-refractivity contribution in [3.8, 4) is 0 Å². The van der Waals surface area contributed by atoms with Crippen LogP contribution >= 0.6 is 0 Å². The first-order valence-corrected chi connectivity index (χ1v) is 23.8. The van der Waals surface area contributed by atoms with Crippen molar-refractivity contribution in [1.29, 1.82) is 0 Å². The predicted octanol–water partition coefficient (Wildman–Crippen LogP) is 11.1. The molecule has 4 saturated carbocycles. The average molecular weight is 641 g/mol. The quantitative estimate of drug-likeness (QED) is 0.201. The summed E-state index contributed by atoms with van der Waals surface area (Å²) in [6.45, 7) is 33.2. The van der Waals surface area contributed by atoms with E-state index in [9.17, 15) is 5.11 Å². The number of aliphatic hydroxyl groups excluding tert-OH is 1. The molecule has 0 saturated heterocycles. The van der Waals surface area contributed by atoms with Gasteiger partial charge in [-0.25, -0.2) is 0 Å². The zero-order chi connectivity index (χ0) is 32.9. The molecule has 4 rings (SSSR count). The molecule has 0 unspecified atom stereocenters. The van der Waals surface area contributed by atoms with Crippen LogP contribution in [0.3, 0.4) is 0 Å². The molecule has 1 N–H and O–H groups in total. The second kappa shape index (κ2) is 13.1. The Labute approximate surface area is 274 Å². The van der Waals surface area contributed by atoms with Crippen molar-refractivity contribution in [3.05, 3.63) is 47.6 Å². The first-order valence-electron chi connectivity index (χ1n) is 18.0. The molecule has 250 valence electrons. The largest absolute Gasteiger partial charge is 0.413 e. The maximum atomic E-state index is 10.5. The van der Waals surface area contributed by atoms with Crippen LogP contribution in [0.4, 0.5) is 0 Å². The van der Waals surface area contributed by atoms with Crippen LogP contribution in [0.15, 0.2) is 47.6 Å². The zero-order valence-electron chi connectivity index (χ0n) is 30.7. The second-order valence-electron chi connectivity index (χ2n) is 18.4. The van der Waals surface area contributed by atoms with Crippen molar-refractivity contribution >= 4 is 16.6 Å². The minimum Gasteiger partial charge on any atom is -0.413 e. The van der Waals surface area contributed by atoms with Gasteiger partial charge in [0.1, 0.15) is 0 Å². The maximum Gasteiger partial charge on any atom is 0.192 e. The van der Waals surface area contributed by atoms with E-state index < -0.39 is 16.6 Å².